The Morgan fingerprint density at radius 2 is 2.23 bits per heavy atom. The summed E-state index contributed by atoms with van der Waals surface area (Å²) in [6.45, 7) is 2.08. The number of non-ortho nitro benzene ring substituents is 1. The lowest BCUT2D eigenvalue weighted by molar-refractivity contribution is -0.385. The number of hydrogen-bond donors (Lipinski definition) is 0. The Bertz CT molecular complexity index is 696. The molecule has 0 radical (unpaired) electrons. The van der Waals surface area contributed by atoms with Crippen molar-refractivity contribution in [3.63, 3.8) is 0 Å². The fraction of sp³-hybridized carbons (Fsp3) is 0.286. The Morgan fingerprint density at radius 1 is 1.45 bits per heavy atom. The van der Waals surface area contributed by atoms with Crippen LogP contribution in [0.1, 0.15) is 22.8 Å². The van der Waals surface area contributed by atoms with Crippen molar-refractivity contribution < 1.29 is 19.2 Å². The molecular formula is C14H15N3O5. The van der Waals surface area contributed by atoms with Crippen molar-refractivity contribution in [1.82, 2.24) is 9.78 Å². The smallest absolute Gasteiger partial charge is 0.341 e. The summed E-state index contributed by atoms with van der Waals surface area (Å²) in [6.07, 6.45) is 2.92. The first-order valence-electron chi connectivity index (χ1n) is 6.57. The van der Waals surface area contributed by atoms with Gasteiger partial charge in [0.2, 0.25) is 0 Å². The van der Waals surface area contributed by atoms with Crippen LogP contribution in [0.4, 0.5) is 5.69 Å². The lowest BCUT2D eigenvalue weighted by Crippen LogP contribution is -2.06. The summed E-state index contributed by atoms with van der Waals surface area (Å²) in [5, 5.41) is 14.7. The van der Waals surface area contributed by atoms with Crippen LogP contribution in [0.5, 0.6) is 5.75 Å². The molecule has 0 atom stereocenters. The van der Waals surface area contributed by atoms with Gasteiger partial charge in [-0.1, -0.05) is 0 Å². The van der Waals surface area contributed by atoms with E-state index in [0.717, 1.165) is 0 Å². The largest absolute Gasteiger partial charge is 0.493 e. The molecule has 0 spiro atoms. The molecule has 0 bridgehead atoms. The number of aromatic nitrogens is 2. The lowest BCUT2D eigenvalue weighted by atomic mass is 10.2. The maximum atomic E-state index is 11.9. The fourth-order valence-electron chi connectivity index (χ4n) is 1.84. The second kappa shape index (κ2) is 6.70. The number of carbonyl (C=O) groups is 1. The van der Waals surface area contributed by atoms with Crippen molar-refractivity contribution in [3.8, 4) is 5.75 Å². The highest BCUT2D eigenvalue weighted by atomic mass is 16.6. The van der Waals surface area contributed by atoms with E-state index in [-0.39, 0.29) is 12.3 Å². The lowest BCUT2D eigenvalue weighted by Gasteiger charge is -2.10. The molecule has 8 nitrogen and oxygen atoms in total. The highest BCUT2D eigenvalue weighted by Gasteiger charge is 2.15. The molecule has 1 aromatic carbocycles. The molecule has 0 aliphatic carbocycles. The standard InChI is InChI=1S/C14H15N3O5/c1-3-21-13-5-4-12(17(19)20)6-10(13)9-22-14(18)11-7-15-16(2)8-11/h4-8H,3,9H2,1-2H3. The molecule has 116 valence electrons. The van der Waals surface area contributed by atoms with Crippen LogP contribution in [0.25, 0.3) is 0 Å². The van der Waals surface area contributed by atoms with E-state index < -0.39 is 10.9 Å². The normalized spacial score (nSPS) is 10.3. The zero-order valence-corrected chi connectivity index (χ0v) is 12.2. The number of hydrogen-bond acceptors (Lipinski definition) is 6. The minimum Gasteiger partial charge on any atom is -0.493 e. The van der Waals surface area contributed by atoms with Crippen LogP contribution in [-0.2, 0) is 18.4 Å². The second-order valence-electron chi connectivity index (χ2n) is 4.46. The Labute approximate surface area is 126 Å². The summed E-state index contributed by atoms with van der Waals surface area (Å²) < 4.78 is 12.0. The van der Waals surface area contributed by atoms with E-state index >= 15 is 0 Å². The molecule has 1 aromatic heterocycles. The maximum absolute atomic E-state index is 11.9. The van der Waals surface area contributed by atoms with E-state index in [9.17, 15) is 14.9 Å². The first kappa shape index (κ1) is 15.5. The molecule has 0 aliphatic rings. The molecule has 0 amide bonds. The van der Waals surface area contributed by atoms with Crippen molar-refractivity contribution >= 4 is 11.7 Å². The van der Waals surface area contributed by atoms with Crippen LogP contribution in [0, 0.1) is 10.1 Å². The van der Waals surface area contributed by atoms with Crippen LogP contribution < -0.4 is 4.74 Å². The predicted octanol–water partition coefficient (Wildman–Crippen LogP) is 2.08. The van der Waals surface area contributed by atoms with E-state index in [1.165, 1.54) is 35.3 Å². The van der Waals surface area contributed by atoms with Crippen molar-refractivity contribution in [2.75, 3.05) is 6.61 Å². The van der Waals surface area contributed by atoms with Gasteiger partial charge in [0.25, 0.3) is 5.69 Å². The third kappa shape index (κ3) is 3.60. The molecule has 0 saturated heterocycles. The Balaban J connectivity index is 2.14. The van der Waals surface area contributed by atoms with Crippen LogP contribution in [0.2, 0.25) is 0 Å². The average Bonchev–Trinajstić information content (AvgIpc) is 2.92. The number of benzene rings is 1. The molecule has 2 aromatic rings. The summed E-state index contributed by atoms with van der Waals surface area (Å²) in [4.78, 5) is 22.2. The van der Waals surface area contributed by atoms with Crippen molar-refractivity contribution in [3.05, 3.63) is 51.8 Å². The second-order valence-corrected chi connectivity index (χ2v) is 4.46. The summed E-state index contributed by atoms with van der Waals surface area (Å²) in [6, 6.07) is 4.17. The number of aryl methyl sites for hydroxylation is 1. The summed E-state index contributed by atoms with van der Waals surface area (Å²) >= 11 is 0. The minimum atomic E-state index is -0.554. The van der Waals surface area contributed by atoms with E-state index in [2.05, 4.69) is 5.10 Å². The molecule has 22 heavy (non-hydrogen) atoms. The van der Waals surface area contributed by atoms with Gasteiger partial charge in [-0.25, -0.2) is 4.79 Å². The first-order valence-corrected chi connectivity index (χ1v) is 6.57. The Kier molecular flexibility index (Phi) is 4.72. The number of ether oxygens (including phenoxy) is 2. The zero-order valence-electron chi connectivity index (χ0n) is 12.2. The fourth-order valence-corrected chi connectivity index (χ4v) is 1.84. The van der Waals surface area contributed by atoms with Gasteiger partial charge in [-0.3, -0.25) is 14.8 Å². The Hall–Kier alpha value is -2.90. The number of nitro groups is 1. The van der Waals surface area contributed by atoms with E-state index in [1.807, 2.05) is 0 Å². The van der Waals surface area contributed by atoms with Crippen molar-refractivity contribution in [2.24, 2.45) is 7.05 Å². The molecule has 2 rings (SSSR count). The number of carbonyl (C=O) groups excluding carboxylic acids is 1. The minimum absolute atomic E-state index is 0.0871. The topological polar surface area (TPSA) is 96.5 Å². The monoisotopic (exact) mass is 305 g/mol. The van der Waals surface area contributed by atoms with Crippen LogP contribution in [0.15, 0.2) is 30.6 Å². The summed E-state index contributed by atoms with van der Waals surface area (Å²) in [7, 11) is 1.69. The van der Waals surface area contributed by atoms with Gasteiger partial charge in [0.1, 0.15) is 12.4 Å². The quantitative estimate of drug-likeness (QED) is 0.460. The molecule has 0 N–H and O–H groups in total. The highest BCUT2D eigenvalue weighted by Crippen LogP contribution is 2.25. The predicted molar refractivity (Wildman–Crippen MR) is 76.6 cm³/mol. The third-order valence-corrected chi connectivity index (χ3v) is 2.85. The maximum Gasteiger partial charge on any atom is 0.341 e. The van der Waals surface area contributed by atoms with Crippen molar-refractivity contribution in [2.45, 2.75) is 13.5 Å². The Morgan fingerprint density at radius 3 is 2.82 bits per heavy atom. The molecule has 8 heteroatoms. The first-order chi connectivity index (χ1) is 10.5. The summed E-state index contributed by atoms with van der Waals surface area (Å²) in [5.41, 5.74) is 0.662. The third-order valence-electron chi connectivity index (χ3n) is 2.85. The zero-order chi connectivity index (χ0) is 16.1. The van der Waals surface area contributed by atoms with Gasteiger partial charge in [0.15, 0.2) is 0 Å². The number of nitrogens with zero attached hydrogens (tertiary/aromatic N) is 3. The number of esters is 1. The molecule has 0 aliphatic heterocycles. The molecule has 0 fully saturated rings. The van der Waals surface area contributed by atoms with E-state index in [1.54, 1.807) is 14.0 Å². The van der Waals surface area contributed by atoms with E-state index in [0.29, 0.717) is 23.5 Å². The molecule has 1 heterocycles. The van der Waals surface area contributed by atoms with Gasteiger partial charge in [-0.15, -0.1) is 0 Å². The van der Waals surface area contributed by atoms with Crippen LogP contribution in [-0.4, -0.2) is 27.3 Å². The SMILES string of the molecule is CCOc1ccc([N+](=O)[O-])cc1COC(=O)c1cnn(C)c1. The van der Waals surface area contributed by atoms with Crippen LogP contribution >= 0.6 is 0 Å². The molecule has 0 saturated carbocycles. The van der Waals surface area contributed by atoms with Gasteiger partial charge in [0, 0.05) is 30.9 Å². The summed E-state index contributed by atoms with van der Waals surface area (Å²) in [5.74, 6) is -0.103. The van der Waals surface area contributed by atoms with E-state index in [4.69, 9.17) is 9.47 Å². The average molecular weight is 305 g/mol. The van der Waals surface area contributed by atoms with Gasteiger partial charge in [-0.2, -0.15) is 5.10 Å². The number of rotatable bonds is 6. The molecular weight excluding hydrogens is 290 g/mol. The molecule has 0 unspecified atom stereocenters. The van der Waals surface area contributed by atoms with Crippen LogP contribution in [0.3, 0.4) is 0 Å². The van der Waals surface area contributed by atoms with Gasteiger partial charge in [-0.05, 0) is 13.0 Å². The number of nitro benzene ring substituents is 1. The van der Waals surface area contributed by atoms with Gasteiger partial charge in [0.05, 0.1) is 23.3 Å². The van der Waals surface area contributed by atoms with Gasteiger partial charge >= 0.3 is 5.97 Å². The van der Waals surface area contributed by atoms with Gasteiger partial charge < -0.3 is 9.47 Å². The highest BCUT2D eigenvalue weighted by molar-refractivity contribution is 5.88. The van der Waals surface area contributed by atoms with Crippen molar-refractivity contribution in [1.29, 1.82) is 0 Å².